The van der Waals surface area contributed by atoms with E-state index in [0.29, 0.717) is 6.42 Å². The van der Waals surface area contributed by atoms with Crippen LogP contribution in [0.1, 0.15) is 17.5 Å². The third kappa shape index (κ3) is 3.98. The van der Waals surface area contributed by atoms with Crippen LogP contribution in [0, 0.1) is 6.92 Å². The number of aliphatic hydroxyl groups excluding tert-OH is 2. The van der Waals surface area contributed by atoms with E-state index in [1.54, 1.807) is 7.11 Å². The fraction of sp³-hybridized carbons (Fsp3) is 0.571. The molecule has 0 heterocycles. The van der Waals surface area contributed by atoms with Crippen molar-refractivity contribution in [3.8, 4) is 5.75 Å². The van der Waals surface area contributed by atoms with Crippen LogP contribution >= 0.6 is 0 Å². The smallest absolute Gasteiger partial charge is 0.121 e. The number of hydrogen-bond donors (Lipinski definition) is 2. The molecule has 18 heavy (non-hydrogen) atoms. The lowest BCUT2D eigenvalue weighted by Gasteiger charge is -2.26. The van der Waals surface area contributed by atoms with Gasteiger partial charge in [-0.05, 0) is 37.6 Å². The number of aryl methyl sites for hydroxylation is 1. The van der Waals surface area contributed by atoms with Crippen LogP contribution in [0.15, 0.2) is 18.2 Å². The van der Waals surface area contributed by atoms with E-state index in [9.17, 15) is 5.11 Å². The lowest BCUT2D eigenvalue weighted by molar-refractivity contribution is 0.115. The molecule has 0 aliphatic rings. The summed E-state index contributed by atoms with van der Waals surface area (Å²) in [4.78, 5) is 2.05. The topological polar surface area (TPSA) is 52.9 Å². The number of benzene rings is 1. The summed E-state index contributed by atoms with van der Waals surface area (Å²) in [5, 5.41) is 18.2. The van der Waals surface area contributed by atoms with Crippen molar-refractivity contribution in [2.75, 3.05) is 27.4 Å². The van der Waals surface area contributed by atoms with Gasteiger partial charge in [0.25, 0.3) is 0 Å². The summed E-state index contributed by atoms with van der Waals surface area (Å²) in [6.07, 6.45) is 0.585. The molecule has 0 saturated carbocycles. The number of likely N-dealkylation sites (N-methyl/N-ethyl adjacent to an activating group) is 1. The predicted octanol–water partition coefficient (Wildman–Crippen LogP) is 1.18. The highest BCUT2D eigenvalue weighted by Gasteiger charge is 2.13. The molecule has 0 aliphatic carbocycles. The second-order valence-electron chi connectivity index (χ2n) is 4.57. The van der Waals surface area contributed by atoms with Gasteiger partial charge in [-0.1, -0.05) is 12.1 Å². The van der Waals surface area contributed by atoms with Crippen molar-refractivity contribution in [1.29, 1.82) is 0 Å². The van der Waals surface area contributed by atoms with Crippen molar-refractivity contribution in [2.24, 2.45) is 0 Å². The number of ether oxygens (including phenoxy) is 1. The van der Waals surface area contributed by atoms with Gasteiger partial charge in [0.15, 0.2) is 0 Å². The minimum atomic E-state index is -0.00240. The minimum Gasteiger partial charge on any atom is -0.496 e. The summed E-state index contributed by atoms with van der Waals surface area (Å²) in [6, 6.07) is 6.06. The largest absolute Gasteiger partial charge is 0.496 e. The molecule has 1 aromatic rings. The lowest BCUT2D eigenvalue weighted by atomic mass is 10.1. The Bertz CT molecular complexity index is 368. The van der Waals surface area contributed by atoms with E-state index in [0.717, 1.165) is 17.9 Å². The fourth-order valence-corrected chi connectivity index (χ4v) is 2.06. The maximum atomic E-state index is 9.27. The van der Waals surface area contributed by atoms with Crippen LogP contribution in [0.3, 0.4) is 0 Å². The van der Waals surface area contributed by atoms with E-state index in [1.807, 2.05) is 26.1 Å². The van der Waals surface area contributed by atoms with Gasteiger partial charge in [-0.2, -0.15) is 0 Å². The second kappa shape index (κ2) is 7.36. The molecule has 1 aromatic carbocycles. The first-order valence-corrected chi connectivity index (χ1v) is 6.17. The number of methoxy groups -OCH3 is 1. The molecular weight excluding hydrogens is 230 g/mol. The molecule has 0 amide bonds. The summed E-state index contributed by atoms with van der Waals surface area (Å²) in [7, 11) is 3.62. The van der Waals surface area contributed by atoms with Gasteiger partial charge < -0.3 is 14.9 Å². The molecule has 0 aliphatic heterocycles. The number of hydrogen-bond acceptors (Lipinski definition) is 4. The summed E-state index contributed by atoms with van der Waals surface area (Å²) in [6.45, 7) is 2.92. The third-order valence-electron chi connectivity index (χ3n) is 3.19. The van der Waals surface area contributed by atoms with E-state index < -0.39 is 0 Å². The molecule has 0 bridgehead atoms. The first-order chi connectivity index (χ1) is 8.62. The van der Waals surface area contributed by atoms with Gasteiger partial charge in [0, 0.05) is 19.2 Å². The van der Waals surface area contributed by atoms with Gasteiger partial charge in [-0.3, -0.25) is 4.90 Å². The monoisotopic (exact) mass is 253 g/mol. The zero-order chi connectivity index (χ0) is 13.5. The molecule has 102 valence electrons. The molecule has 4 nitrogen and oxygen atoms in total. The van der Waals surface area contributed by atoms with E-state index >= 15 is 0 Å². The van der Waals surface area contributed by atoms with Crippen molar-refractivity contribution >= 4 is 0 Å². The first-order valence-electron chi connectivity index (χ1n) is 6.17. The van der Waals surface area contributed by atoms with Crippen molar-refractivity contribution in [3.63, 3.8) is 0 Å². The highest BCUT2D eigenvalue weighted by Crippen LogP contribution is 2.19. The van der Waals surface area contributed by atoms with Crippen molar-refractivity contribution < 1.29 is 14.9 Å². The fourth-order valence-electron chi connectivity index (χ4n) is 2.06. The maximum absolute atomic E-state index is 9.27. The number of aliphatic hydroxyl groups is 2. The molecule has 4 heteroatoms. The van der Waals surface area contributed by atoms with Gasteiger partial charge in [-0.25, -0.2) is 0 Å². The Hall–Kier alpha value is -1.10. The zero-order valence-electron chi connectivity index (χ0n) is 11.4. The van der Waals surface area contributed by atoms with Crippen molar-refractivity contribution in [3.05, 3.63) is 29.3 Å². The van der Waals surface area contributed by atoms with E-state index in [-0.39, 0.29) is 19.3 Å². The van der Waals surface area contributed by atoms with Crippen LogP contribution in [0.5, 0.6) is 5.75 Å². The normalized spacial score (nSPS) is 12.8. The van der Waals surface area contributed by atoms with Crippen LogP contribution < -0.4 is 4.74 Å². The van der Waals surface area contributed by atoms with E-state index in [4.69, 9.17) is 9.84 Å². The minimum absolute atomic E-state index is 0.00240. The Morgan fingerprint density at radius 2 is 2.06 bits per heavy atom. The quantitative estimate of drug-likeness (QED) is 0.766. The highest BCUT2D eigenvalue weighted by atomic mass is 16.5. The van der Waals surface area contributed by atoms with Gasteiger partial charge in [0.05, 0.1) is 13.7 Å². The zero-order valence-corrected chi connectivity index (χ0v) is 11.4. The SMILES string of the molecule is COc1ccc(CN(C)C(CO)CCO)cc1C. The van der Waals surface area contributed by atoms with Crippen LogP contribution in [-0.4, -0.2) is 48.5 Å². The van der Waals surface area contributed by atoms with E-state index in [1.165, 1.54) is 5.56 Å². The molecule has 2 N–H and O–H groups in total. The van der Waals surface area contributed by atoms with Crippen LogP contribution in [-0.2, 0) is 6.54 Å². The third-order valence-corrected chi connectivity index (χ3v) is 3.19. The highest BCUT2D eigenvalue weighted by molar-refractivity contribution is 5.36. The van der Waals surface area contributed by atoms with Gasteiger partial charge >= 0.3 is 0 Å². The van der Waals surface area contributed by atoms with Crippen LogP contribution in [0.2, 0.25) is 0 Å². The molecule has 0 saturated heterocycles. The van der Waals surface area contributed by atoms with Gasteiger partial charge in [0.2, 0.25) is 0 Å². The summed E-state index contributed by atoms with van der Waals surface area (Å²) >= 11 is 0. The summed E-state index contributed by atoms with van der Waals surface area (Å²) in [5.41, 5.74) is 2.28. The maximum Gasteiger partial charge on any atom is 0.121 e. The van der Waals surface area contributed by atoms with Gasteiger partial charge in [0.1, 0.15) is 5.75 Å². The molecule has 0 radical (unpaired) electrons. The molecule has 0 aromatic heterocycles. The predicted molar refractivity (Wildman–Crippen MR) is 71.8 cm³/mol. The second-order valence-corrected chi connectivity index (χ2v) is 4.57. The van der Waals surface area contributed by atoms with E-state index in [2.05, 4.69) is 11.0 Å². The molecule has 1 atom stereocenters. The first kappa shape index (κ1) is 15.0. The lowest BCUT2D eigenvalue weighted by Crippen LogP contribution is -2.35. The standard InChI is InChI=1S/C14H23NO3/c1-11-8-12(4-5-14(11)18-3)9-15(2)13(10-17)6-7-16/h4-5,8,13,16-17H,6-7,9-10H2,1-3H3. The Balaban J connectivity index is 2.68. The average molecular weight is 253 g/mol. The Morgan fingerprint density at radius 3 is 2.56 bits per heavy atom. The molecule has 0 spiro atoms. The van der Waals surface area contributed by atoms with Crippen molar-refractivity contribution in [2.45, 2.75) is 25.9 Å². The molecule has 1 unspecified atom stereocenters. The number of rotatable bonds is 7. The Morgan fingerprint density at radius 1 is 1.33 bits per heavy atom. The Labute approximate surface area is 109 Å². The van der Waals surface area contributed by atoms with Gasteiger partial charge in [-0.15, -0.1) is 0 Å². The molecular formula is C14H23NO3. The molecule has 0 fully saturated rings. The summed E-state index contributed by atoms with van der Waals surface area (Å²) in [5.74, 6) is 0.885. The molecule has 1 rings (SSSR count). The number of nitrogens with zero attached hydrogens (tertiary/aromatic N) is 1. The van der Waals surface area contributed by atoms with Crippen molar-refractivity contribution in [1.82, 2.24) is 4.90 Å². The average Bonchev–Trinajstić information content (AvgIpc) is 2.36. The van der Waals surface area contributed by atoms with Crippen LogP contribution in [0.4, 0.5) is 0 Å². The Kier molecular flexibility index (Phi) is 6.12. The van der Waals surface area contributed by atoms with Crippen LogP contribution in [0.25, 0.3) is 0 Å². The summed E-state index contributed by atoms with van der Waals surface area (Å²) < 4.78 is 5.23.